The molecule has 2 fully saturated rings. The Labute approximate surface area is 133 Å². The molecule has 0 amide bonds. The van der Waals surface area contributed by atoms with Gasteiger partial charge in [0.2, 0.25) is 0 Å². The van der Waals surface area contributed by atoms with E-state index in [1.54, 1.807) is 0 Å². The number of nitrogens with zero attached hydrogens (tertiary/aromatic N) is 1. The molecule has 2 atom stereocenters. The van der Waals surface area contributed by atoms with Crippen LogP contribution >= 0.6 is 0 Å². The van der Waals surface area contributed by atoms with Crippen molar-refractivity contribution in [1.29, 1.82) is 0 Å². The van der Waals surface area contributed by atoms with Gasteiger partial charge in [0.25, 0.3) is 0 Å². The van der Waals surface area contributed by atoms with Crippen LogP contribution in [0.15, 0.2) is 24.3 Å². The molecule has 2 N–H and O–H groups in total. The Bertz CT molecular complexity index is 635. The number of hydrogen-bond acceptors (Lipinski definition) is 4. The second-order valence-electron chi connectivity index (χ2n) is 7.27. The second-order valence-corrected chi connectivity index (χ2v) is 9.41. The number of rotatable bonds is 5. The summed E-state index contributed by atoms with van der Waals surface area (Å²) in [5.74, 6) is 0.854. The van der Waals surface area contributed by atoms with E-state index in [-0.39, 0.29) is 11.2 Å². The predicted octanol–water partition coefficient (Wildman–Crippen LogP) is 1.71. The molecule has 3 rings (SSSR count). The van der Waals surface area contributed by atoms with Crippen molar-refractivity contribution >= 4 is 9.84 Å². The van der Waals surface area contributed by atoms with Crippen molar-refractivity contribution < 1.29 is 8.42 Å². The summed E-state index contributed by atoms with van der Waals surface area (Å²) in [5, 5.41) is 0. The standard InChI is InChI=1S/C17H26N2O2S/c1-19-11-13(10-18)9-16(19)14-3-5-15(6-4-14)17(7-8-17)12-22(2,20)21/h3-6,13,16H,7-12,18H2,1-2H3. The second kappa shape index (κ2) is 5.62. The third-order valence-electron chi connectivity index (χ3n) is 5.27. The maximum atomic E-state index is 11.6. The van der Waals surface area contributed by atoms with Gasteiger partial charge in [-0.3, -0.25) is 4.90 Å². The van der Waals surface area contributed by atoms with Crippen LogP contribution < -0.4 is 5.73 Å². The number of sulfone groups is 1. The van der Waals surface area contributed by atoms with Crippen molar-refractivity contribution in [3.63, 3.8) is 0 Å². The van der Waals surface area contributed by atoms with Crippen molar-refractivity contribution in [3.05, 3.63) is 35.4 Å². The molecule has 4 nitrogen and oxygen atoms in total. The molecule has 1 aromatic carbocycles. The molecule has 5 heteroatoms. The SMILES string of the molecule is CN1CC(CN)CC1c1ccc(C2(CS(C)(=O)=O)CC2)cc1. The Balaban J connectivity index is 1.76. The molecule has 2 unspecified atom stereocenters. The maximum Gasteiger partial charge on any atom is 0.148 e. The molecule has 1 saturated carbocycles. The highest BCUT2D eigenvalue weighted by Gasteiger charge is 2.46. The van der Waals surface area contributed by atoms with Gasteiger partial charge >= 0.3 is 0 Å². The lowest BCUT2D eigenvalue weighted by Crippen LogP contribution is -2.21. The van der Waals surface area contributed by atoms with E-state index in [1.165, 1.54) is 17.4 Å². The minimum absolute atomic E-state index is 0.118. The Morgan fingerprint density at radius 3 is 2.36 bits per heavy atom. The van der Waals surface area contributed by atoms with Crippen LogP contribution in [0.1, 0.15) is 36.4 Å². The molecule has 0 spiro atoms. The fourth-order valence-electron chi connectivity index (χ4n) is 3.89. The fourth-order valence-corrected chi connectivity index (χ4v) is 5.35. The van der Waals surface area contributed by atoms with Gasteiger partial charge in [0.05, 0.1) is 5.75 Å². The van der Waals surface area contributed by atoms with Gasteiger partial charge in [-0.05, 0) is 49.9 Å². The minimum Gasteiger partial charge on any atom is -0.330 e. The molecule has 1 aromatic rings. The molecule has 122 valence electrons. The number of benzene rings is 1. The van der Waals surface area contributed by atoms with Crippen LogP contribution in [0.2, 0.25) is 0 Å². The van der Waals surface area contributed by atoms with Crippen LogP contribution in [-0.4, -0.2) is 45.5 Å². The maximum absolute atomic E-state index is 11.6. The van der Waals surface area contributed by atoms with Gasteiger partial charge in [-0.1, -0.05) is 24.3 Å². The third-order valence-corrected chi connectivity index (χ3v) is 6.34. The molecule has 0 aromatic heterocycles. The van der Waals surface area contributed by atoms with Gasteiger partial charge < -0.3 is 5.73 Å². The van der Waals surface area contributed by atoms with E-state index in [2.05, 4.69) is 36.2 Å². The smallest absolute Gasteiger partial charge is 0.148 e. The molecule has 1 aliphatic heterocycles. The van der Waals surface area contributed by atoms with E-state index in [4.69, 9.17) is 5.73 Å². The summed E-state index contributed by atoms with van der Waals surface area (Å²) in [6, 6.07) is 9.07. The van der Waals surface area contributed by atoms with Crippen molar-refractivity contribution in [3.8, 4) is 0 Å². The van der Waals surface area contributed by atoms with Crippen molar-refractivity contribution in [1.82, 2.24) is 4.90 Å². The van der Waals surface area contributed by atoms with E-state index in [0.29, 0.717) is 12.0 Å². The van der Waals surface area contributed by atoms with Crippen molar-refractivity contribution in [2.75, 3.05) is 32.1 Å². The zero-order valence-corrected chi connectivity index (χ0v) is 14.3. The Morgan fingerprint density at radius 1 is 1.27 bits per heavy atom. The zero-order chi connectivity index (χ0) is 16.0. The van der Waals surface area contributed by atoms with Crippen LogP contribution in [-0.2, 0) is 15.3 Å². The first-order chi connectivity index (χ1) is 10.3. The number of hydrogen-bond donors (Lipinski definition) is 1. The van der Waals surface area contributed by atoms with Crippen molar-refractivity contribution in [2.45, 2.75) is 30.7 Å². The number of likely N-dealkylation sites (tertiary alicyclic amines) is 1. The minimum atomic E-state index is -2.93. The lowest BCUT2D eigenvalue weighted by atomic mass is 9.94. The van der Waals surface area contributed by atoms with E-state index >= 15 is 0 Å². The molecule has 0 radical (unpaired) electrons. The summed E-state index contributed by atoms with van der Waals surface area (Å²) in [6.45, 7) is 1.80. The molecule has 2 aliphatic rings. The van der Waals surface area contributed by atoms with Crippen LogP contribution in [0, 0.1) is 5.92 Å². The summed E-state index contributed by atoms with van der Waals surface area (Å²) >= 11 is 0. The monoisotopic (exact) mass is 322 g/mol. The molecule has 22 heavy (non-hydrogen) atoms. The van der Waals surface area contributed by atoms with Gasteiger partial charge in [-0.25, -0.2) is 8.42 Å². The zero-order valence-electron chi connectivity index (χ0n) is 13.5. The topological polar surface area (TPSA) is 63.4 Å². The van der Waals surface area contributed by atoms with Gasteiger partial charge in [-0.15, -0.1) is 0 Å². The normalized spacial score (nSPS) is 28.0. The van der Waals surface area contributed by atoms with Crippen LogP contribution in [0.25, 0.3) is 0 Å². The van der Waals surface area contributed by atoms with Gasteiger partial charge in [0, 0.05) is 24.3 Å². The first-order valence-electron chi connectivity index (χ1n) is 8.01. The van der Waals surface area contributed by atoms with E-state index in [0.717, 1.165) is 32.4 Å². The largest absolute Gasteiger partial charge is 0.330 e. The summed E-state index contributed by atoms with van der Waals surface area (Å²) in [5.41, 5.74) is 8.18. The lowest BCUT2D eigenvalue weighted by Gasteiger charge is -2.21. The van der Waals surface area contributed by atoms with Gasteiger partial charge in [-0.2, -0.15) is 0 Å². The lowest BCUT2D eigenvalue weighted by molar-refractivity contribution is 0.313. The van der Waals surface area contributed by atoms with E-state index < -0.39 is 9.84 Å². The average molecular weight is 322 g/mol. The Kier molecular flexibility index (Phi) is 4.08. The highest BCUT2D eigenvalue weighted by molar-refractivity contribution is 7.90. The number of nitrogens with two attached hydrogens (primary N) is 1. The predicted molar refractivity (Wildman–Crippen MR) is 89.6 cm³/mol. The summed E-state index contributed by atoms with van der Waals surface area (Å²) in [7, 11) is -0.782. The third kappa shape index (κ3) is 3.21. The Morgan fingerprint density at radius 2 is 1.91 bits per heavy atom. The Hall–Kier alpha value is -0.910. The summed E-state index contributed by atoms with van der Waals surface area (Å²) in [4.78, 5) is 2.37. The van der Waals surface area contributed by atoms with Crippen LogP contribution in [0.4, 0.5) is 0 Å². The van der Waals surface area contributed by atoms with Crippen LogP contribution in [0.3, 0.4) is 0 Å². The molecule has 1 heterocycles. The van der Waals surface area contributed by atoms with Crippen LogP contribution in [0.5, 0.6) is 0 Å². The highest BCUT2D eigenvalue weighted by Crippen LogP contribution is 2.49. The fraction of sp³-hybridized carbons (Fsp3) is 0.647. The first kappa shape index (κ1) is 16.0. The quantitative estimate of drug-likeness (QED) is 0.896. The molecular weight excluding hydrogens is 296 g/mol. The molecule has 1 saturated heterocycles. The molecule has 0 bridgehead atoms. The average Bonchev–Trinajstić information content (AvgIpc) is 3.11. The highest BCUT2D eigenvalue weighted by atomic mass is 32.2. The van der Waals surface area contributed by atoms with Gasteiger partial charge in [0.1, 0.15) is 9.84 Å². The molecule has 1 aliphatic carbocycles. The first-order valence-corrected chi connectivity index (χ1v) is 10.1. The van der Waals surface area contributed by atoms with E-state index in [9.17, 15) is 8.42 Å². The molecular formula is C17H26N2O2S. The van der Waals surface area contributed by atoms with Crippen molar-refractivity contribution in [2.24, 2.45) is 11.7 Å². The van der Waals surface area contributed by atoms with Gasteiger partial charge in [0.15, 0.2) is 0 Å². The van der Waals surface area contributed by atoms with E-state index in [1.807, 2.05) is 0 Å². The summed E-state index contributed by atoms with van der Waals surface area (Å²) in [6.07, 6.45) is 4.42. The summed E-state index contributed by atoms with van der Waals surface area (Å²) < 4.78 is 23.3.